The molecule has 0 aromatic carbocycles. The molecule has 236 valence electrons. The Morgan fingerprint density at radius 2 is 1.65 bits per heavy atom. The van der Waals surface area contributed by atoms with Gasteiger partial charge in [0.05, 0.1) is 12.1 Å². The first-order chi connectivity index (χ1) is 20.6. The first kappa shape index (κ1) is 29.4. The Bertz CT molecular complexity index is 1470. The standard InChI is InChI=1S/C31H48N8O3S/c1-30(2)20-11-14-31(30,25(40)17-20)18-43(41,42)38-15-12-23(13-16-38)34-27-26-28(39(19-33-26)24-5-3-4-6-24)37-29(36-27)35-22-9-7-21(32)8-10-22/h19-24H,3-18,32H2,1-2H3,(H2,34,35,36,37)/t20-,21?,22?,31+/m0/s1. The average molecular weight is 613 g/mol. The van der Waals surface area contributed by atoms with Crippen LogP contribution in [-0.4, -0.2) is 75.0 Å². The van der Waals surface area contributed by atoms with E-state index < -0.39 is 15.4 Å². The highest BCUT2D eigenvalue weighted by atomic mass is 32.2. The van der Waals surface area contributed by atoms with Gasteiger partial charge in [-0.1, -0.05) is 26.7 Å². The molecule has 0 unspecified atom stereocenters. The van der Waals surface area contributed by atoms with Crippen molar-refractivity contribution < 1.29 is 13.2 Å². The number of carbonyl (C=O) groups is 1. The van der Waals surface area contributed by atoms with Gasteiger partial charge in [-0.15, -0.1) is 0 Å². The number of fused-ring (bicyclic) bond motifs is 3. The number of carbonyl (C=O) groups excluding carboxylic acids is 1. The molecule has 43 heavy (non-hydrogen) atoms. The number of imidazole rings is 1. The lowest BCUT2D eigenvalue weighted by Gasteiger charge is -2.39. The Morgan fingerprint density at radius 3 is 2.30 bits per heavy atom. The molecular weight excluding hydrogens is 564 g/mol. The van der Waals surface area contributed by atoms with Crippen molar-refractivity contribution in [1.82, 2.24) is 23.8 Å². The van der Waals surface area contributed by atoms with Gasteiger partial charge in [-0.3, -0.25) is 4.79 Å². The SMILES string of the molecule is CC1(C)[C@H]2CC[C@@]1(CS(=O)(=O)N1CCC(Nc3nc(NC4CCC(N)CC4)nc4c3ncn4C3CCCC3)CC1)C(=O)C2. The lowest BCUT2D eigenvalue weighted by molar-refractivity contribution is -0.128. The molecule has 12 heteroatoms. The van der Waals surface area contributed by atoms with Crippen LogP contribution in [0.1, 0.15) is 103 Å². The van der Waals surface area contributed by atoms with Crippen LogP contribution in [0.2, 0.25) is 0 Å². The molecule has 4 saturated carbocycles. The molecule has 4 aliphatic carbocycles. The number of sulfonamides is 1. The normalized spacial score (nSPS) is 32.2. The van der Waals surface area contributed by atoms with E-state index in [0.717, 1.165) is 56.1 Å². The number of piperidine rings is 1. The largest absolute Gasteiger partial charge is 0.365 e. The molecule has 7 rings (SSSR count). The van der Waals surface area contributed by atoms with Gasteiger partial charge in [0.2, 0.25) is 16.0 Å². The van der Waals surface area contributed by atoms with Gasteiger partial charge in [0.25, 0.3) is 0 Å². The number of aromatic nitrogens is 4. The average Bonchev–Trinajstić information content (AvgIpc) is 3.73. The summed E-state index contributed by atoms with van der Waals surface area (Å²) in [6.07, 6.45) is 14.2. The lowest BCUT2D eigenvalue weighted by atomic mass is 9.70. The summed E-state index contributed by atoms with van der Waals surface area (Å²) in [6.45, 7) is 5.08. The van der Waals surface area contributed by atoms with Gasteiger partial charge in [0.15, 0.2) is 17.0 Å². The number of rotatable bonds is 8. The van der Waals surface area contributed by atoms with Crippen molar-refractivity contribution in [2.75, 3.05) is 29.5 Å². The Balaban J connectivity index is 1.07. The Kier molecular flexibility index (Phi) is 7.48. The molecule has 0 amide bonds. The summed E-state index contributed by atoms with van der Waals surface area (Å²) < 4.78 is 31.2. The van der Waals surface area contributed by atoms with Gasteiger partial charge >= 0.3 is 0 Å². The number of ketones is 1. The molecule has 5 fully saturated rings. The van der Waals surface area contributed by atoms with Gasteiger partial charge in [-0.05, 0) is 75.5 Å². The van der Waals surface area contributed by atoms with Crippen LogP contribution in [0.4, 0.5) is 11.8 Å². The highest BCUT2D eigenvalue weighted by Gasteiger charge is 2.65. The number of anilines is 2. The first-order valence-corrected chi connectivity index (χ1v) is 18.2. The zero-order chi connectivity index (χ0) is 30.0. The van der Waals surface area contributed by atoms with Gasteiger partial charge in [0.1, 0.15) is 5.78 Å². The summed E-state index contributed by atoms with van der Waals surface area (Å²) in [5.74, 6) is 1.74. The van der Waals surface area contributed by atoms with Crippen LogP contribution in [0.25, 0.3) is 11.2 Å². The smallest absolute Gasteiger partial charge is 0.227 e. The maximum absolute atomic E-state index is 13.7. The van der Waals surface area contributed by atoms with E-state index in [-0.39, 0.29) is 29.0 Å². The summed E-state index contributed by atoms with van der Waals surface area (Å²) in [5, 5.41) is 7.23. The van der Waals surface area contributed by atoms with Crippen LogP contribution in [0.5, 0.6) is 0 Å². The monoisotopic (exact) mass is 612 g/mol. The van der Waals surface area contributed by atoms with Crippen LogP contribution in [-0.2, 0) is 14.8 Å². The van der Waals surface area contributed by atoms with Gasteiger partial charge in [-0.2, -0.15) is 9.97 Å². The Labute approximate surface area is 255 Å². The molecule has 2 atom stereocenters. The highest BCUT2D eigenvalue weighted by molar-refractivity contribution is 7.89. The highest BCUT2D eigenvalue weighted by Crippen LogP contribution is 2.64. The van der Waals surface area contributed by atoms with Gasteiger partial charge in [-0.25, -0.2) is 17.7 Å². The maximum Gasteiger partial charge on any atom is 0.227 e. The molecule has 2 aromatic rings. The molecule has 3 heterocycles. The summed E-state index contributed by atoms with van der Waals surface area (Å²) in [6, 6.07) is 1.05. The topological polar surface area (TPSA) is 148 Å². The third-order valence-electron chi connectivity index (χ3n) is 12.0. The van der Waals surface area contributed by atoms with Gasteiger partial charge < -0.3 is 20.9 Å². The predicted molar refractivity (Wildman–Crippen MR) is 167 cm³/mol. The zero-order valence-electron chi connectivity index (χ0n) is 25.7. The van der Waals surface area contributed by atoms with Crippen LogP contribution >= 0.6 is 0 Å². The molecule has 0 spiro atoms. The van der Waals surface area contributed by atoms with E-state index in [2.05, 4.69) is 29.0 Å². The molecule has 2 bridgehead atoms. The van der Waals surface area contributed by atoms with Crippen molar-refractivity contribution in [3.8, 4) is 0 Å². The minimum atomic E-state index is -3.55. The van der Waals surface area contributed by atoms with Crippen LogP contribution in [0.15, 0.2) is 6.33 Å². The fourth-order valence-electron chi connectivity index (χ4n) is 8.96. The van der Waals surface area contributed by atoms with E-state index in [1.54, 1.807) is 4.31 Å². The number of hydrogen-bond donors (Lipinski definition) is 3. The van der Waals surface area contributed by atoms with E-state index in [4.69, 9.17) is 20.7 Å². The number of nitrogens with two attached hydrogens (primary N) is 1. The second kappa shape index (κ2) is 10.9. The summed E-state index contributed by atoms with van der Waals surface area (Å²) in [7, 11) is -3.55. The molecule has 5 aliphatic rings. The van der Waals surface area contributed by atoms with Crippen LogP contribution in [0, 0.1) is 16.7 Å². The summed E-state index contributed by atoms with van der Waals surface area (Å²) in [5.41, 5.74) is 6.78. The molecule has 11 nitrogen and oxygen atoms in total. The number of hydrogen-bond acceptors (Lipinski definition) is 9. The lowest BCUT2D eigenvalue weighted by Crippen LogP contribution is -2.49. The van der Waals surface area contributed by atoms with E-state index >= 15 is 0 Å². The zero-order valence-corrected chi connectivity index (χ0v) is 26.5. The molecule has 1 saturated heterocycles. The maximum atomic E-state index is 13.7. The second-order valence-corrected chi connectivity index (χ2v) is 16.6. The molecule has 1 aliphatic heterocycles. The summed E-state index contributed by atoms with van der Waals surface area (Å²) >= 11 is 0. The third kappa shape index (κ3) is 5.14. The van der Waals surface area contributed by atoms with Crippen LogP contribution in [0.3, 0.4) is 0 Å². The van der Waals surface area contributed by atoms with Crippen molar-refractivity contribution in [2.24, 2.45) is 22.5 Å². The number of Topliss-reactive ketones (excluding diaryl/α,β-unsaturated/α-hetero) is 1. The minimum Gasteiger partial charge on any atom is -0.365 e. The third-order valence-corrected chi connectivity index (χ3v) is 14.0. The molecule has 0 radical (unpaired) electrons. The fourth-order valence-corrected chi connectivity index (χ4v) is 11.2. The van der Waals surface area contributed by atoms with E-state index in [9.17, 15) is 13.2 Å². The van der Waals surface area contributed by atoms with Crippen LogP contribution < -0.4 is 16.4 Å². The van der Waals surface area contributed by atoms with Crippen molar-refractivity contribution >= 4 is 38.7 Å². The molecule has 4 N–H and O–H groups in total. The van der Waals surface area contributed by atoms with Crippen molar-refractivity contribution in [1.29, 1.82) is 0 Å². The Hall–Kier alpha value is -2.31. The molecule has 2 aromatic heterocycles. The predicted octanol–water partition coefficient (Wildman–Crippen LogP) is 4.22. The van der Waals surface area contributed by atoms with E-state index in [1.165, 1.54) is 12.8 Å². The quantitative estimate of drug-likeness (QED) is 0.398. The number of nitrogens with one attached hydrogen (secondary N) is 2. The van der Waals surface area contributed by atoms with Crippen molar-refractivity contribution in [3.05, 3.63) is 6.33 Å². The second-order valence-electron chi connectivity index (χ2n) is 14.7. The summed E-state index contributed by atoms with van der Waals surface area (Å²) in [4.78, 5) is 27.7. The molecular formula is C31H48N8O3S. The van der Waals surface area contributed by atoms with E-state index in [0.29, 0.717) is 68.5 Å². The van der Waals surface area contributed by atoms with Gasteiger partial charge in [0, 0.05) is 49.1 Å². The first-order valence-electron chi connectivity index (χ1n) is 16.6. The van der Waals surface area contributed by atoms with Crippen molar-refractivity contribution in [3.63, 3.8) is 0 Å². The fraction of sp³-hybridized carbons (Fsp3) is 0.806. The number of nitrogens with zero attached hydrogens (tertiary/aromatic N) is 5. The van der Waals surface area contributed by atoms with E-state index in [1.807, 2.05) is 6.33 Å². The van der Waals surface area contributed by atoms with Crippen molar-refractivity contribution in [2.45, 2.75) is 121 Å². The minimum absolute atomic E-state index is 0.0489. The Morgan fingerprint density at radius 1 is 0.953 bits per heavy atom.